The summed E-state index contributed by atoms with van der Waals surface area (Å²) < 4.78 is 31.9. The number of aliphatic hydroxyl groups is 1. The highest BCUT2D eigenvalue weighted by Crippen LogP contribution is 2.17. The molecule has 0 amide bonds. The highest BCUT2D eigenvalue weighted by Gasteiger charge is 2.22. The molecule has 0 aliphatic heterocycles. The van der Waals surface area contributed by atoms with E-state index >= 15 is 0 Å². The summed E-state index contributed by atoms with van der Waals surface area (Å²) in [6.45, 7) is 5.98. The lowest BCUT2D eigenvalue weighted by Gasteiger charge is -2.21. The summed E-state index contributed by atoms with van der Waals surface area (Å²) in [5.41, 5.74) is -1.04. The van der Waals surface area contributed by atoms with Crippen molar-refractivity contribution in [2.75, 3.05) is 13.2 Å². The molecule has 114 valence electrons. The topological polar surface area (TPSA) is 75.6 Å². The van der Waals surface area contributed by atoms with Crippen LogP contribution < -0.4 is 9.46 Å². The van der Waals surface area contributed by atoms with Crippen LogP contribution in [-0.2, 0) is 10.0 Å². The minimum Gasteiger partial charge on any atom is -0.494 e. The highest BCUT2D eigenvalue weighted by atomic mass is 32.2. The van der Waals surface area contributed by atoms with Crippen molar-refractivity contribution in [1.29, 1.82) is 0 Å². The van der Waals surface area contributed by atoms with E-state index < -0.39 is 15.6 Å². The number of rotatable bonds is 8. The van der Waals surface area contributed by atoms with Crippen LogP contribution in [-0.4, -0.2) is 32.3 Å². The van der Waals surface area contributed by atoms with Gasteiger partial charge in [0.1, 0.15) is 5.75 Å². The zero-order valence-electron chi connectivity index (χ0n) is 12.2. The number of sulfonamides is 1. The molecule has 0 fully saturated rings. The van der Waals surface area contributed by atoms with Crippen LogP contribution in [0.4, 0.5) is 0 Å². The first-order valence-corrected chi connectivity index (χ1v) is 8.24. The first-order chi connectivity index (χ1) is 9.30. The van der Waals surface area contributed by atoms with Gasteiger partial charge in [-0.1, -0.05) is 13.8 Å². The molecule has 0 aliphatic carbocycles. The Kier molecular flexibility index (Phi) is 5.98. The van der Waals surface area contributed by atoms with E-state index in [0.717, 1.165) is 6.42 Å². The molecule has 1 aromatic carbocycles. The quantitative estimate of drug-likeness (QED) is 0.769. The molecule has 0 saturated carbocycles. The van der Waals surface area contributed by atoms with Crippen LogP contribution in [0.15, 0.2) is 29.2 Å². The second kappa shape index (κ2) is 7.06. The molecule has 6 heteroatoms. The fourth-order valence-corrected chi connectivity index (χ4v) is 2.56. The maximum Gasteiger partial charge on any atom is 0.240 e. The summed E-state index contributed by atoms with van der Waals surface area (Å²) in [5, 5.41) is 9.83. The van der Waals surface area contributed by atoms with Crippen molar-refractivity contribution in [1.82, 2.24) is 4.72 Å². The molecular formula is C14H23NO4S. The van der Waals surface area contributed by atoms with Gasteiger partial charge in [-0.05, 0) is 44.0 Å². The molecule has 1 rings (SSSR count). The zero-order valence-corrected chi connectivity index (χ0v) is 13.0. The molecule has 0 bridgehead atoms. The number of benzene rings is 1. The van der Waals surface area contributed by atoms with E-state index in [9.17, 15) is 13.5 Å². The van der Waals surface area contributed by atoms with Gasteiger partial charge in [0.2, 0.25) is 10.0 Å². The molecule has 0 aliphatic rings. The summed E-state index contributed by atoms with van der Waals surface area (Å²) in [6, 6.07) is 6.24. The van der Waals surface area contributed by atoms with E-state index in [1.807, 2.05) is 6.92 Å². The predicted molar refractivity (Wildman–Crippen MR) is 78.3 cm³/mol. The molecule has 0 heterocycles. The van der Waals surface area contributed by atoms with Crippen molar-refractivity contribution in [3.63, 3.8) is 0 Å². The van der Waals surface area contributed by atoms with Gasteiger partial charge >= 0.3 is 0 Å². The number of hydrogen-bond acceptors (Lipinski definition) is 4. The lowest BCUT2D eigenvalue weighted by molar-refractivity contribution is 0.0613. The fourth-order valence-electron chi connectivity index (χ4n) is 1.39. The molecule has 5 nitrogen and oxygen atoms in total. The van der Waals surface area contributed by atoms with E-state index in [1.54, 1.807) is 26.0 Å². The SMILES string of the molecule is CCCOc1ccc(S(=O)(=O)NCC(C)(O)CC)cc1. The molecule has 1 aromatic rings. The first-order valence-electron chi connectivity index (χ1n) is 6.75. The molecule has 2 N–H and O–H groups in total. The minimum atomic E-state index is -3.61. The van der Waals surface area contributed by atoms with Gasteiger partial charge in [-0.3, -0.25) is 0 Å². The number of hydrogen-bond donors (Lipinski definition) is 2. The summed E-state index contributed by atoms with van der Waals surface area (Å²) in [5.74, 6) is 0.645. The molecule has 1 unspecified atom stereocenters. The smallest absolute Gasteiger partial charge is 0.240 e. The van der Waals surface area contributed by atoms with Gasteiger partial charge in [0.05, 0.1) is 17.1 Å². The Hall–Kier alpha value is -1.11. The Balaban J connectivity index is 2.73. The second-order valence-corrected chi connectivity index (χ2v) is 6.76. The van der Waals surface area contributed by atoms with E-state index in [0.29, 0.717) is 18.8 Å². The van der Waals surface area contributed by atoms with Crippen LogP contribution in [0.3, 0.4) is 0 Å². The van der Waals surface area contributed by atoms with E-state index in [-0.39, 0.29) is 11.4 Å². The third kappa shape index (κ3) is 5.11. The van der Waals surface area contributed by atoms with E-state index in [1.165, 1.54) is 12.1 Å². The van der Waals surface area contributed by atoms with Gasteiger partial charge in [0, 0.05) is 6.54 Å². The van der Waals surface area contributed by atoms with Gasteiger partial charge in [-0.15, -0.1) is 0 Å². The van der Waals surface area contributed by atoms with Gasteiger partial charge in [-0.25, -0.2) is 13.1 Å². The monoisotopic (exact) mass is 301 g/mol. The lowest BCUT2D eigenvalue weighted by Crippen LogP contribution is -2.40. The van der Waals surface area contributed by atoms with Crippen molar-refractivity contribution in [2.24, 2.45) is 0 Å². The Morgan fingerprint density at radius 1 is 1.25 bits per heavy atom. The molecule has 1 atom stereocenters. The van der Waals surface area contributed by atoms with Crippen LogP contribution in [0.25, 0.3) is 0 Å². The van der Waals surface area contributed by atoms with Crippen LogP contribution in [0, 0.1) is 0 Å². The standard InChI is InChI=1S/C14H23NO4S/c1-4-10-19-12-6-8-13(9-7-12)20(17,18)15-11-14(3,16)5-2/h6-9,15-16H,4-5,10-11H2,1-3H3. The third-order valence-electron chi connectivity index (χ3n) is 3.01. The second-order valence-electron chi connectivity index (χ2n) is 4.99. The lowest BCUT2D eigenvalue weighted by atomic mass is 10.1. The van der Waals surface area contributed by atoms with Crippen molar-refractivity contribution in [3.8, 4) is 5.75 Å². The van der Waals surface area contributed by atoms with E-state index in [2.05, 4.69) is 4.72 Å². The summed E-state index contributed by atoms with van der Waals surface area (Å²) >= 11 is 0. The van der Waals surface area contributed by atoms with Gasteiger partial charge in [-0.2, -0.15) is 0 Å². The van der Waals surface area contributed by atoms with Crippen molar-refractivity contribution in [3.05, 3.63) is 24.3 Å². The summed E-state index contributed by atoms with van der Waals surface area (Å²) in [4.78, 5) is 0.160. The molecule has 0 radical (unpaired) electrons. The predicted octanol–water partition coefficient (Wildman–Crippen LogP) is 1.91. The van der Waals surface area contributed by atoms with Gasteiger partial charge in [0.15, 0.2) is 0 Å². The van der Waals surface area contributed by atoms with Gasteiger partial charge in [0.25, 0.3) is 0 Å². The minimum absolute atomic E-state index is 0.0140. The average molecular weight is 301 g/mol. The largest absolute Gasteiger partial charge is 0.494 e. The highest BCUT2D eigenvalue weighted by molar-refractivity contribution is 7.89. The summed E-state index contributed by atoms with van der Waals surface area (Å²) in [7, 11) is -3.61. The van der Waals surface area contributed by atoms with Crippen LogP contribution in [0.5, 0.6) is 5.75 Å². The Bertz CT molecular complexity index is 508. The molecular weight excluding hydrogens is 278 g/mol. The maximum atomic E-state index is 12.1. The van der Waals surface area contributed by atoms with Crippen LogP contribution >= 0.6 is 0 Å². The molecule has 0 saturated heterocycles. The Morgan fingerprint density at radius 3 is 2.35 bits per heavy atom. The van der Waals surface area contributed by atoms with Crippen molar-refractivity contribution in [2.45, 2.75) is 44.1 Å². The molecule has 20 heavy (non-hydrogen) atoms. The molecule has 0 spiro atoms. The zero-order chi connectivity index (χ0) is 15.2. The number of ether oxygens (including phenoxy) is 1. The van der Waals surface area contributed by atoms with Crippen LogP contribution in [0.1, 0.15) is 33.6 Å². The number of nitrogens with one attached hydrogen (secondary N) is 1. The average Bonchev–Trinajstić information content (AvgIpc) is 2.44. The fraction of sp³-hybridized carbons (Fsp3) is 0.571. The third-order valence-corrected chi connectivity index (χ3v) is 4.43. The van der Waals surface area contributed by atoms with Gasteiger partial charge < -0.3 is 9.84 Å². The van der Waals surface area contributed by atoms with Crippen molar-refractivity contribution < 1.29 is 18.3 Å². The first kappa shape index (κ1) is 16.9. The Labute approximate surface area is 121 Å². The van der Waals surface area contributed by atoms with Crippen LogP contribution in [0.2, 0.25) is 0 Å². The van der Waals surface area contributed by atoms with Crippen molar-refractivity contribution >= 4 is 10.0 Å². The van der Waals surface area contributed by atoms with E-state index in [4.69, 9.17) is 4.74 Å². The normalized spacial score (nSPS) is 14.8. The summed E-state index contributed by atoms with van der Waals surface area (Å²) in [6.07, 6.45) is 1.37. The molecule has 0 aromatic heterocycles. The Morgan fingerprint density at radius 2 is 1.85 bits per heavy atom. The maximum absolute atomic E-state index is 12.1.